The highest BCUT2D eigenvalue weighted by atomic mass is 16.4. The topological polar surface area (TPSA) is 88.9 Å². The summed E-state index contributed by atoms with van der Waals surface area (Å²) in [6.07, 6.45) is 7.45. The van der Waals surface area contributed by atoms with Crippen molar-refractivity contribution in [1.82, 2.24) is 19.9 Å². The van der Waals surface area contributed by atoms with Gasteiger partial charge in [0.25, 0.3) is 0 Å². The van der Waals surface area contributed by atoms with E-state index in [1.807, 2.05) is 0 Å². The first-order valence-electron chi connectivity index (χ1n) is 4.09. The summed E-state index contributed by atoms with van der Waals surface area (Å²) in [6.45, 7) is 0. The van der Waals surface area contributed by atoms with Crippen LogP contribution in [0.2, 0.25) is 0 Å². The van der Waals surface area contributed by atoms with Gasteiger partial charge in [0.1, 0.15) is 0 Å². The van der Waals surface area contributed by atoms with E-state index >= 15 is 0 Å². The van der Waals surface area contributed by atoms with Gasteiger partial charge in [-0.05, 0) is 0 Å². The van der Waals surface area contributed by atoms with Gasteiger partial charge in [-0.1, -0.05) is 0 Å². The highest BCUT2D eigenvalue weighted by Crippen LogP contribution is 2.11. The smallest absolute Gasteiger partial charge is 0.373 e. The average Bonchev–Trinajstić information content (AvgIpc) is 2.30. The van der Waals surface area contributed by atoms with Crippen molar-refractivity contribution < 1.29 is 9.90 Å². The molecule has 0 unspecified atom stereocenters. The molecule has 0 fully saturated rings. The van der Waals surface area contributed by atoms with Crippen LogP contribution >= 0.6 is 0 Å². The number of carbonyl (C=O) groups is 1. The zero-order valence-corrected chi connectivity index (χ0v) is 7.53. The van der Waals surface area contributed by atoms with E-state index in [1.165, 1.54) is 12.4 Å². The fourth-order valence-corrected chi connectivity index (χ4v) is 1.02. The molecule has 0 spiro atoms. The van der Waals surface area contributed by atoms with Crippen LogP contribution in [0.1, 0.15) is 10.6 Å². The predicted octanol–water partition coefficient (Wildman–Crippen LogP) is 0.632. The van der Waals surface area contributed by atoms with Crippen molar-refractivity contribution in [2.24, 2.45) is 0 Å². The summed E-state index contributed by atoms with van der Waals surface area (Å²) in [6, 6.07) is 0. The van der Waals surface area contributed by atoms with Gasteiger partial charge in [-0.2, -0.15) is 0 Å². The minimum absolute atomic E-state index is 0.234. The monoisotopic (exact) mass is 202 g/mol. The van der Waals surface area contributed by atoms with Gasteiger partial charge in [0, 0.05) is 30.4 Å². The lowest BCUT2D eigenvalue weighted by Crippen LogP contribution is -2.03. The number of aromatic nitrogens is 4. The second-order valence-electron chi connectivity index (χ2n) is 2.69. The Kier molecular flexibility index (Phi) is 2.32. The third-order valence-electron chi connectivity index (χ3n) is 1.70. The highest BCUT2D eigenvalue weighted by molar-refractivity contribution is 5.83. The molecule has 6 heteroatoms. The van der Waals surface area contributed by atoms with Gasteiger partial charge >= 0.3 is 5.97 Å². The second kappa shape index (κ2) is 3.79. The number of hydrogen-bond acceptors (Lipinski definition) is 5. The normalized spacial score (nSPS) is 9.87. The van der Waals surface area contributed by atoms with Gasteiger partial charge < -0.3 is 5.11 Å². The first-order valence-corrected chi connectivity index (χ1v) is 4.09. The molecule has 2 aromatic rings. The predicted molar refractivity (Wildman–Crippen MR) is 50.0 cm³/mol. The molecule has 0 saturated heterocycles. The maximum atomic E-state index is 10.5. The highest BCUT2D eigenvalue weighted by Gasteiger charge is 2.06. The third-order valence-corrected chi connectivity index (χ3v) is 1.70. The number of carboxylic acid groups (broad SMARTS) is 1. The van der Waals surface area contributed by atoms with Crippen molar-refractivity contribution in [3.63, 3.8) is 0 Å². The lowest BCUT2D eigenvalue weighted by Gasteiger charge is -1.98. The fraction of sp³-hybridized carbons (Fsp3) is 0. The number of rotatable bonds is 2. The molecule has 0 bridgehead atoms. The van der Waals surface area contributed by atoms with Crippen LogP contribution in [0.15, 0.2) is 31.0 Å². The van der Waals surface area contributed by atoms with Crippen LogP contribution in [0.25, 0.3) is 11.3 Å². The summed E-state index contributed by atoms with van der Waals surface area (Å²) < 4.78 is 0. The van der Waals surface area contributed by atoms with Gasteiger partial charge in [-0.25, -0.2) is 14.8 Å². The molecule has 2 aromatic heterocycles. The number of aromatic carboxylic acids is 1. The summed E-state index contributed by atoms with van der Waals surface area (Å²) in [5.74, 6) is -1.39. The Bertz CT molecular complexity index is 469. The number of nitrogens with zero attached hydrogens (tertiary/aromatic N) is 4. The van der Waals surface area contributed by atoms with E-state index < -0.39 is 5.97 Å². The van der Waals surface area contributed by atoms with Crippen LogP contribution < -0.4 is 0 Å². The number of carboxylic acids is 1. The van der Waals surface area contributed by atoms with E-state index in [1.54, 1.807) is 18.6 Å². The quantitative estimate of drug-likeness (QED) is 0.768. The zero-order chi connectivity index (χ0) is 10.7. The Hall–Kier alpha value is -2.37. The Morgan fingerprint density at radius 3 is 2.33 bits per heavy atom. The lowest BCUT2D eigenvalue weighted by molar-refractivity contribution is 0.0683. The van der Waals surface area contributed by atoms with E-state index in [0.29, 0.717) is 11.3 Å². The van der Waals surface area contributed by atoms with Gasteiger partial charge in [-0.15, -0.1) is 0 Å². The van der Waals surface area contributed by atoms with Crippen molar-refractivity contribution in [3.05, 3.63) is 36.8 Å². The Morgan fingerprint density at radius 1 is 1.07 bits per heavy atom. The largest absolute Gasteiger partial charge is 0.475 e. The van der Waals surface area contributed by atoms with E-state index in [-0.39, 0.29) is 5.82 Å². The Balaban J connectivity index is 2.36. The van der Waals surface area contributed by atoms with Crippen LogP contribution in [-0.4, -0.2) is 31.0 Å². The molecule has 0 atom stereocenters. The summed E-state index contributed by atoms with van der Waals surface area (Å²) in [5.41, 5.74) is 1.24. The van der Waals surface area contributed by atoms with E-state index in [0.717, 1.165) is 0 Å². The first-order chi connectivity index (χ1) is 7.27. The van der Waals surface area contributed by atoms with Crippen molar-refractivity contribution in [2.75, 3.05) is 0 Å². The Morgan fingerprint density at radius 2 is 1.80 bits per heavy atom. The molecule has 0 aliphatic rings. The molecule has 0 aliphatic carbocycles. The minimum atomic E-state index is -1.15. The van der Waals surface area contributed by atoms with Crippen LogP contribution in [0.3, 0.4) is 0 Å². The molecule has 2 heterocycles. The van der Waals surface area contributed by atoms with Crippen LogP contribution in [0.5, 0.6) is 0 Å². The minimum Gasteiger partial charge on any atom is -0.475 e. The molecule has 0 radical (unpaired) electrons. The van der Waals surface area contributed by atoms with E-state index in [9.17, 15) is 4.79 Å². The summed E-state index contributed by atoms with van der Waals surface area (Å²) >= 11 is 0. The summed E-state index contributed by atoms with van der Waals surface area (Å²) in [5, 5.41) is 8.59. The molecule has 1 N–H and O–H groups in total. The van der Waals surface area contributed by atoms with Gasteiger partial charge in [-0.3, -0.25) is 9.97 Å². The molecule has 0 amide bonds. The molecule has 0 saturated carbocycles. The van der Waals surface area contributed by atoms with Crippen LogP contribution in [0, 0.1) is 0 Å². The molecule has 15 heavy (non-hydrogen) atoms. The van der Waals surface area contributed by atoms with Crippen LogP contribution in [-0.2, 0) is 0 Å². The fourth-order valence-electron chi connectivity index (χ4n) is 1.02. The zero-order valence-electron chi connectivity index (χ0n) is 7.53. The SMILES string of the molecule is O=C(O)c1ncc(-c2cnccn2)cn1. The van der Waals surface area contributed by atoms with Crippen LogP contribution in [0.4, 0.5) is 0 Å². The maximum absolute atomic E-state index is 10.5. The summed E-state index contributed by atoms with van der Waals surface area (Å²) in [4.78, 5) is 25.8. The van der Waals surface area contributed by atoms with Gasteiger partial charge in [0.2, 0.25) is 5.82 Å². The molecule has 0 aliphatic heterocycles. The van der Waals surface area contributed by atoms with Crippen molar-refractivity contribution in [1.29, 1.82) is 0 Å². The maximum Gasteiger partial charge on any atom is 0.373 e. The molecular formula is C9H6N4O2. The van der Waals surface area contributed by atoms with Crippen molar-refractivity contribution in [3.8, 4) is 11.3 Å². The van der Waals surface area contributed by atoms with Crippen molar-refractivity contribution >= 4 is 5.97 Å². The average molecular weight is 202 g/mol. The van der Waals surface area contributed by atoms with Gasteiger partial charge in [0.05, 0.1) is 11.9 Å². The summed E-state index contributed by atoms with van der Waals surface area (Å²) in [7, 11) is 0. The lowest BCUT2D eigenvalue weighted by atomic mass is 10.2. The number of hydrogen-bond donors (Lipinski definition) is 1. The second-order valence-corrected chi connectivity index (χ2v) is 2.69. The standard InChI is InChI=1S/C9H6N4O2/c14-9(15)8-12-3-6(4-13-8)7-5-10-1-2-11-7/h1-5H,(H,14,15). The van der Waals surface area contributed by atoms with Gasteiger partial charge in [0.15, 0.2) is 0 Å². The van der Waals surface area contributed by atoms with E-state index in [4.69, 9.17) is 5.11 Å². The molecular weight excluding hydrogens is 196 g/mol. The Labute approximate surface area is 84.7 Å². The molecule has 74 valence electrons. The molecule has 6 nitrogen and oxygen atoms in total. The first kappa shape index (κ1) is 9.20. The molecule has 2 rings (SSSR count). The third kappa shape index (κ3) is 1.93. The van der Waals surface area contributed by atoms with Crippen molar-refractivity contribution in [2.45, 2.75) is 0 Å². The molecule has 0 aromatic carbocycles. The van der Waals surface area contributed by atoms with E-state index in [2.05, 4.69) is 19.9 Å².